The summed E-state index contributed by atoms with van der Waals surface area (Å²) in [5.74, 6) is 1.43. The van der Waals surface area contributed by atoms with Crippen LogP contribution in [-0.4, -0.2) is 32.1 Å². The van der Waals surface area contributed by atoms with E-state index < -0.39 is 0 Å². The molecule has 2 heteroatoms. The molecule has 0 N–H and O–H groups in total. The van der Waals surface area contributed by atoms with E-state index in [0.29, 0.717) is 5.92 Å². The van der Waals surface area contributed by atoms with Crippen LogP contribution in [0.25, 0.3) is 6.08 Å². The highest BCUT2D eigenvalue weighted by molar-refractivity contribution is 5.55. The molecule has 0 saturated carbocycles. The number of hydrogen-bond acceptors (Lipinski definition) is 2. The van der Waals surface area contributed by atoms with Gasteiger partial charge in [-0.15, -0.1) is 0 Å². The van der Waals surface area contributed by atoms with Crippen molar-refractivity contribution in [3.05, 3.63) is 35.9 Å². The van der Waals surface area contributed by atoms with E-state index >= 15 is 0 Å². The highest BCUT2D eigenvalue weighted by Gasteiger charge is 2.06. The van der Waals surface area contributed by atoms with Crippen molar-refractivity contribution in [2.45, 2.75) is 19.8 Å². The maximum atomic E-state index is 5.73. The Kier molecular flexibility index (Phi) is 5.23. The summed E-state index contributed by atoms with van der Waals surface area (Å²) in [6, 6.07) is 6.21. The lowest BCUT2D eigenvalue weighted by atomic mass is 9.97. The van der Waals surface area contributed by atoms with Gasteiger partial charge in [0.25, 0.3) is 0 Å². The predicted octanol–water partition coefficient (Wildman–Crippen LogP) is 3.39. The van der Waals surface area contributed by atoms with E-state index in [4.69, 9.17) is 4.74 Å². The van der Waals surface area contributed by atoms with Crippen LogP contribution in [0.2, 0.25) is 0 Å². The van der Waals surface area contributed by atoms with Gasteiger partial charge in [-0.2, -0.15) is 0 Å². The van der Waals surface area contributed by atoms with E-state index in [2.05, 4.69) is 37.5 Å². The van der Waals surface area contributed by atoms with Crippen LogP contribution in [0.3, 0.4) is 0 Å². The average molecular weight is 233 g/mol. The molecular formula is C15H23NO. The van der Waals surface area contributed by atoms with Gasteiger partial charge >= 0.3 is 0 Å². The smallest absolute Gasteiger partial charge is 0.119 e. The highest BCUT2D eigenvalue weighted by Crippen LogP contribution is 2.25. The molecule has 0 amide bonds. The second-order valence-corrected chi connectivity index (χ2v) is 4.80. The zero-order chi connectivity index (χ0) is 12.8. The molecule has 0 heterocycles. The molecule has 1 rings (SSSR count). The van der Waals surface area contributed by atoms with Crippen molar-refractivity contribution in [2.24, 2.45) is 0 Å². The summed E-state index contributed by atoms with van der Waals surface area (Å²) in [6.45, 7) is 9.87. The molecule has 0 spiro atoms. The Morgan fingerprint density at radius 1 is 1.35 bits per heavy atom. The quantitative estimate of drug-likeness (QED) is 0.746. The second-order valence-electron chi connectivity index (χ2n) is 4.80. The van der Waals surface area contributed by atoms with Crippen LogP contribution in [0.1, 0.15) is 30.9 Å². The first-order chi connectivity index (χ1) is 8.04. The molecule has 0 radical (unpaired) electrons. The standard InChI is InChI=1S/C15H23NO/c1-6-13-7-8-14(11-15(13)12(2)3)17-10-9-16(4)5/h6-8,11-12H,1,9-10H2,2-5H3. The van der Waals surface area contributed by atoms with Gasteiger partial charge in [0.1, 0.15) is 12.4 Å². The Morgan fingerprint density at radius 2 is 2.06 bits per heavy atom. The van der Waals surface area contributed by atoms with E-state index in [1.807, 2.05) is 26.2 Å². The summed E-state index contributed by atoms with van der Waals surface area (Å²) in [6.07, 6.45) is 1.90. The molecule has 0 aliphatic rings. The summed E-state index contributed by atoms with van der Waals surface area (Å²) < 4.78 is 5.73. The van der Waals surface area contributed by atoms with Gasteiger partial charge in [-0.25, -0.2) is 0 Å². The van der Waals surface area contributed by atoms with Crippen molar-refractivity contribution in [3.8, 4) is 5.75 Å². The number of benzene rings is 1. The summed E-state index contributed by atoms with van der Waals surface area (Å²) in [4.78, 5) is 2.11. The lowest BCUT2D eigenvalue weighted by molar-refractivity contribution is 0.261. The van der Waals surface area contributed by atoms with Gasteiger partial charge in [-0.1, -0.05) is 32.6 Å². The number of likely N-dealkylation sites (N-methyl/N-ethyl adjacent to an activating group) is 1. The molecular weight excluding hydrogens is 210 g/mol. The average Bonchev–Trinajstić information content (AvgIpc) is 2.28. The monoisotopic (exact) mass is 233 g/mol. The molecule has 2 nitrogen and oxygen atoms in total. The molecule has 0 aliphatic carbocycles. The molecule has 0 aromatic heterocycles. The van der Waals surface area contributed by atoms with Crippen LogP contribution in [0.5, 0.6) is 5.75 Å². The Bertz CT molecular complexity index is 369. The van der Waals surface area contributed by atoms with E-state index in [9.17, 15) is 0 Å². The third kappa shape index (κ3) is 4.23. The minimum absolute atomic E-state index is 0.486. The largest absolute Gasteiger partial charge is 0.492 e. The molecule has 1 aromatic rings. The summed E-state index contributed by atoms with van der Waals surface area (Å²) >= 11 is 0. The summed E-state index contributed by atoms with van der Waals surface area (Å²) in [5, 5.41) is 0. The number of nitrogens with zero attached hydrogens (tertiary/aromatic N) is 1. The maximum absolute atomic E-state index is 5.73. The highest BCUT2D eigenvalue weighted by atomic mass is 16.5. The third-order valence-electron chi connectivity index (χ3n) is 2.71. The van der Waals surface area contributed by atoms with Crippen LogP contribution in [0, 0.1) is 0 Å². The lowest BCUT2D eigenvalue weighted by Gasteiger charge is -2.14. The molecule has 0 unspecified atom stereocenters. The van der Waals surface area contributed by atoms with E-state index in [-0.39, 0.29) is 0 Å². The Balaban J connectivity index is 2.74. The molecule has 17 heavy (non-hydrogen) atoms. The first kappa shape index (κ1) is 13.8. The Hall–Kier alpha value is -1.28. The van der Waals surface area contributed by atoms with Gasteiger partial charge < -0.3 is 9.64 Å². The van der Waals surface area contributed by atoms with E-state index in [1.165, 1.54) is 11.1 Å². The second kappa shape index (κ2) is 6.45. The summed E-state index contributed by atoms with van der Waals surface area (Å²) in [7, 11) is 4.09. The molecule has 0 bridgehead atoms. The number of hydrogen-bond donors (Lipinski definition) is 0. The van der Waals surface area contributed by atoms with Gasteiger partial charge in [-0.05, 0) is 43.3 Å². The van der Waals surface area contributed by atoms with E-state index in [0.717, 1.165) is 18.9 Å². The predicted molar refractivity (Wildman–Crippen MR) is 74.7 cm³/mol. The molecule has 94 valence electrons. The number of ether oxygens (including phenoxy) is 1. The molecule has 1 aromatic carbocycles. The van der Waals surface area contributed by atoms with Gasteiger partial charge in [0.15, 0.2) is 0 Å². The van der Waals surface area contributed by atoms with Gasteiger partial charge in [-0.3, -0.25) is 0 Å². The van der Waals surface area contributed by atoms with Crippen molar-refractivity contribution in [2.75, 3.05) is 27.2 Å². The lowest BCUT2D eigenvalue weighted by Crippen LogP contribution is -2.19. The fraction of sp³-hybridized carbons (Fsp3) is 0.467. The minimum atomic E-state index is 0.486. The zero-order valence-corrected chi connectivity index (χ0v) is 11.4. The SMILES string of the molecule is C=Cc1ccc(OCCN(C)C)cc1C(C)C. The van der Waals surface area contributed by atoms with Crippen LogP contribution < -0.4 is 4.74 Å². The molecule has 0 saturated heterocycles. The van der Waals surface area contributed by atoms with Crippen molar-refractivity contribution < 1.29 is 4.74 Å². The Labute approximate surface area is 105 Å². The Morgan fingerprint density at radius 3 is 2.59 bits per heavy atom. The number of rotatable bonds is 6. The van der Waals surface area contributed by atoms with Crippen molar-refractivity contribution in [1.82, 2.24) is 4.90 Å². The van der Waals surface area contributed by atoms with Crippen LogP contribution in [-0.2, 0) is 0 Å². The fourth-order valence-electron chi connectivity index (χ4n) is 1.67. The third-order valence-corrected chi connectivity index (χ3v) is 2.71. The summed E-state index contributed by atoms with van der Waals surface area (Å²) in [5.41, 5.74) is 2.49. The van der Waals surface area contributed by atoms with Crippen LogP contribution in [0.15, 0.2) is 24.8 Å². The van der Waals surface area contributed by atoms with Gasteiger partial charge in [0.05, 0.1) is 0 Å². The normalized spacial score (nSPS) is 10.9. The van der Waals surface area contributed by atoms with Gasteiger partial charge in [0.2, 0.25) is 0 Å². The van der Waals surface area contributed by atoms with Crippen molar-refractivity contribution in [3.63, 3.8) is 0 Å². The molecule has 0 fully saturated rings. The molecule has 0 atom stereocenters. The first-order valence-corrected chi connectivity index (χ1v) is 6.08. The topological polar surface area (TPSA) is 12.5 Å². The van der Waals surface area contributed by atoms with Crippen molar-refractivity contribution in [1.29, 1.82) is 0 Å². The first-order valence-electron chi connectivity index (χ1n) is 6.08. The van der Waals surface area contributed by atoms with Crippen LogP contribution >= 0.6 is 0 Å². The maximum Gasteiger partial charge on any atom is 0.119 e. The zero-order valence-electron chi connectivity index (χ0n) is 11.4. The van der Waals surface area contributed by atoms with Gasteiger partial charge in [0, 0.05) is 6.54 Å². The van der Waals surface area contributed by atoms with E-state index in [1.54, 1.807) is 0 Å². The fourth-order valence-corrected chi connectivity index (χ4v) is 1.67. The van der Waals surface area contributed by atoms with Crippen LogP contribution in [0.4, 0.5) is 0 Å². The van der Waals surface area contributed by atoms with Crippen molar-refractivity contribution >= 4 is 6.08 Å². The molecule has 0 aliphatic heterocycles. The minimum Gasteiger partial charge on any atom is -0.492 e.